The lowest BCUT2D eigenvalue weighted by molar-refractivity contribution is -0.0318. The van der Waals surface area contributed by atoms with Crippen LogP contribution in [0.15, 0.2) is 29.3 Å². The summed E-state index contributed by atoms with van der Waals surface area (Å²) in [5, 5.41) is 3.46. The molecule has 0 atom stereocenters. The third-order valence-corrected chi connectivity index (χ3v) is 5.58. The first-order valence-electron chi connectivity index (χ1n) is 11.2. The molecule has 7 heteroatoms. The maximum Gasteiger partial charge on any atom is 0.194 e. The highest BCUT2D eigenvalue weighted by Gasteiger charge is 2.19. The van der Waals surface area contributed by atoms with Crippen LogP contribution >= 0.6 is 24.0 Å². The second-order valence-electron chi connectivity index (χ2n) is 8.02. The first-order valence-corrected chi connectivity index (χ1v) is 11.2. The lowest BCUT2D eigenvalue weighted by Gasteiger charge is -2.36. The van der Waals surface area contributed by atoms with Gasteiger partial charge >= 0.3 is 0 Å². The van der Waals surface area contributed by atoms with Crippen molar-refractivity contribution in [3.05, 3.63) is 35.4 Å². The van der Waals surface area contributed by atoms with Crippen molar-refractivity contribution in [3.63, 3.8) is 0 Å². The van der Waals surface area contributed by atoms with Gasteiger partial charge in [-0.15, -0.1) is 24.0 Å². The van der Waals surface area contributed by atoms with Crippen LogP contribution in [0.2, 0.25) is 0 Å². The fourth-order valence-electron chi connectivity index (χ4n) is 3.95. The van der Waals surface area contributed by atoms with E-state index in [-0.39, 0.29) is 24.0 Å². The molecule has 6 nitrogen and oxygen atoms in total. The van der Waals surface area contributed by atoms with Gasteiger partial charge in [-0.2, -0.15) is 0 Å². The first-order chi connectivity index (χ1) is 14.2. The monoisotopic (exact) mass is 530 g/mol. The largest absolute Gasteiger partial charge is 0.381 e. The van der Waals surface area contributed by atoms with Gasteiger partial charge in [-0.05, 0) is 38.7 Å². The fourth-order valence-corrected chi connectivity index (χ4v) is 3.95. The Morgan fingerprint density at radius 2 is 1.97 bits per heavy atom. The molecular weight excluding hydrogens is 491 g/mol. The number of hydrogen-bond donors (Lipinski definition) is 1. The first kappa shape index (κ1) is 25.4. The minimum Gasteiger partial charge on any atom is -0.381 e. The molecule has 0 spiro atoms. The summed E-state index contributed by atoms with van der Waals surface area (Å²) in [4.78, 5) is 9.79. The summed E-state index contributed by atoms with van der Waals surface area (Å²) >= 11 is 0. The highest BCUT2D eigenvalue weighted by Crippen LogP contribution is 2.12. The molecular formula is C23H39IN4O2. The van der Waals surface area contributed by atoms with E-state index >= 15 is 0 Å². The van der Waals surface area contributed by atoms with E-state index in [0.717, 1.165) is 90.9 Å². The lowest BCUT2D eigenvalue weighted by atomic mass is 10.1. The Kier molecular flexibility index (Phi) is 12.0. The van der Waals surface area contributed by atoms with E-state index < -0.39 is 0 Å². The summed E-state index contributed by atoms with van der Waals surface area (Å²) in [7, 11) is 0. The zero-order valence-corrected chi connectivity index (χ0v) is 21.0. The number of guanidine groups is 1. The fraction of sp³-hybridized carbons (Fsp3) is 0.696. The van der Waals surface area contributed by atoms with Gasteiger partial charge in [-0.3, -0.25) is 9.89 Å². The van der Waals surface area contributed by atoms with Crippen LogP contribution in [0.1, 0.15) is 37.3 Å². The zero-order valence-electron chi connectivity index (χ0n) is 18.6. The number of ether oxygens (including phenoxy) is 2. The van der Waals surface area contributed by atoms with Crippen LogP contribution in [0.25, 0.3) is 0 Å². The van der Waals surface area contributed by atoms with Gasteiger partial charge in [0.15, 0.2) is 5.96 Å². The van der Waals surface area contributed by atoms with E-state index in [0.29, 0.717) is 6.10 Å². The van der Waals surface area contributed by atoms with Crippen LogP contribution < -0.4 is 5.32 Å². The SMILES string of the molecule is CCNC(=NCCCOC1CCOCC1)N1CCN(Cc2cccc(C)c2)CC1.I. The number of benzene rings is 1. The summed E-state index contributed by atoms with van der Waals surface area (Å²) in [5.74, 6) is 1.05. The summed E-state index contributed by atoms with van der Waals surface area (Å²) in [6, 6.07) is 8.84. The zero-order chi connectivity index (χ0) is 20.3. The van der Waals surface area contributed by atoms with E-state index in [4.69, 9.17) is 14.5 Å². The van der Waals surface area contributed by atoms with E-state index in [1.54, 1.807) is 0 Å². The maximum atomic E-state index is 5.96. The molecule has 0 aromatic heterocycles. The van der Waals surface area contributed by atoms with Crippen molar-refractivity contribution in [2.24, 2.45) is 4.99 Å². The van der Waals surface area contributed by atoms with Gasteiger partial charge < -0.3 is 19.7 Å². The Labute approximate surface area is 199 Å². The normalized spacial score (nSPS) is 18.9. The Morgan fingerprint density at radius 1 is 1.20 bits per heavy atom. The number of aliphatic imine (C=N–C) groups is 1. The van der Waals surface area contributed by atoms with Crippen molar-refractivity contribution in [2.45, 2.75) is 45.8 Å². The summed E-state index contributed by atoms with van der Waals surface area (Å²) in [6.07, 6.45) is 3.40. The number of piperazine rings is 1. The van der Waals surface area contributed by atoms with Crippen molar-refractivity contribution in [2.75, 3.05) is 59.1 Å². The predicted molar refractivity (Wildman–Crippen MR) is 134 cm³/mol. The number of hydrogen-bond acceptors (Lipinski definition) is 4. The molecule has 0 unspecified atom stereocenters. The standard InChI is InChI=1S/C23H38N4O2.HI/c1-3-24-23(25-10-5-15-29-22-8-16-28-17-9-22)27-13-11-26(12-14-27)19-21-7-4-6-20(2)18-21;/h4,6-7,18,22H,3,5,8-17,19H2,1-2H3,(H,24,25);1H. The van der Waals surface area contributed by atoms with Gasteiger partial charge in [0.25, 0.3) is 0 Å². The maximum absolute atomic E-state index is 5.96. The second-order valence-corrected chi connectivity index (χ2v) is 8.02. The van der Waals surface area contributed by atoms with Crippen molar-refractivity contribution >= 4 is 29.9 Å². The van der Waals surface area contributed by atoms with Crippen LogP contribution in [0.5, 0.6) is 0 Å². The molecule has 170 valence electrons. The van der Waals surface area contributed by atoms with E-state index in [1.807, 2.05) is 0 Å². The average Bonchev–Trinajstić information content (AvgIpc) is 2.74. The number of halogens is 1. The average molecular weight is 530 g/mol. The van der Waals surface area contributed by atoms with Gasteiger partial charge in [0.05, 0.1) is 6.10 Å². The molecule has 2 aliphatic rings. The lowest BCUT2D eigenvalue weighted by Crippen LogP contribution is -2.52. The summed E-state index contributed by atoms with van der Waals surface area (Å²) in [6.45, 7) is 13.7. The third-order valence-electron chi connectivity index (χ3n) is 5.58. The molecule has 0 aliphatic carbocycles. The molecule has 0 bridgehead atoms. The summed E-state index contributed by atoms with van der Waals surface area (Å²) < 4.78 is 11.3. The number of rotatable bonds is 8. The Morgan fingerprint density at radius 3 is 2.67 bits per heavy atom. The van der Waals surface area contributed by atoms with Crippen LogP contribution in [-0.4, -0.2) is 81.0 Å². The molecule has 3 rings (SSSR count). The van der Waals surface area contributed by atoms with Crippen LogP contribution in [0, 0.1) is 6.92 Å². The number of nitrogens with zero attached hydrogens (tertiary/aromatic N) is 3. The van der Waals surface area contributed by atoms with Crippen molar-refractivity contribution < 1.29 is 9.47 Å². The molecule has 0 amide bonds. The van der Waals surface area contributed by atoms with Gasteiger partial charge in [0, 0.05) is 65.6 Å². The summed E-state index contributed by atoms with van der Waals surface area (Å²) in [5.41, 5.74) is 2.74. The molecule has 2 aliphatic heterocycles. The Bertz CT molecular complexity index is 629. The molecule has 30 heavy (non-hydrogen) atoms. The quantitative estimate of drug-likeness (QED) is 0.242. The van der Waals surface area contributed by atoms with Crippen LogP contribution in [0.3, 0.4) is 0 Å². The van der Waals surface area contributed by atoms with Crippen molar-refractivity contribution in [3.8, 4) is 0 Å². The van der Waals surface area contributed by atoms with E-state index in [9.17, 15) is 0 Å². The number of aryl methyl sites for hydroxylation is 1. The minimum atomic E-state index is 0. The van der Waals surface area contributed by atoms with Crippen LogP contribution in [-0.2, 0) is 16.0 Å². The second kappa shape index (κ2) is 14.2. The van der Waals surface area contributed by atoms with Crippen molar-refractivity contribution in [1.82, 2.24) is 15.1 Å². The minimum absolute atomic E-state index is 0. The molecule has 2 fully saturated rings. The molecule has 1 aromatic carbocycles. The Hall–Kier alpha value is -0.900. The van der Waals surface area contributed by atoms with Gasteiger partial charge in [0.1, 0.15) is 0 Å². The van der Waals surface area contributed by atoms with E-state index in [2.05, 4.69) is 53.2 Å². The Balaban J connectivity index is 0.00000320. The van der Waals surface area contributed by atoms with E-state index in [1.165, 1.54) is 11.1 Å². The number of nitrogens with one attached hydrogen (secondary N) is 1. The molecule has 1 N–H and O–H groups in total. The highest BCUT2D eigenvalue weighted by atomic mass is 127. The molecule has 2 heterocycles. The topological polar surface area (TPSA) is 49.3 Å². The molecule has 2 saturated heterocycles. The predicted octanol–water partition coefficient (Wildman–Crippen LogP) is 3.28. The molecule has 0 radical (unpaired) electrons. The van der Waals surface area contributed by atoms with Gasteiger partial charge in [0.2, 0.25) is 0 Å². The molecule has 1 aromatic rings. The van der Waals surface area contributed by atoms with Gasteiger partial charge in [-0.25, -0.2) is 0 Å². The smallest absolute Gasteiger partial charge is 0.194 e. The molecule has 0 saturated carbocycles. The van der Waals surface area contributed by atoms with Gasteiger partial charge in [-0.1, -0.05) is 29.8 Å². The van der Waals surface area contributed by atoms with Crippen molar-refractivity contribution in [1.29, 1.82) is 0 Å². The van der Waals surface area contributed by atoms with Crippen LogP contribution in [0.4, 0.5) is 0 Å². The third kappa shape index (κ3) is 8.69. The highest BCUT2D eigenvalue weighted by molar-refractivity contribution is 14.0.